The van der Waals surface area contributed by atoms with E-state index < -0.39 is 9.84 Å². The Hall–Kier alpha value is -1.62. The Bertz CT molecular complexity index is 825. The molecule has 0 amide bonds. The van der Waals surface area contributed by atoms with Crippen LogP contribution in [0.1, 0.15) is 50.7 Å². The Balaban J connectivity index is 1.53. The van der Waals surface area contributed by atoms with Gasteiger partial charge in [-0.25, -0.2) is 8.42 Å². The third-order valence-electron chi connectivity index (χ3n) is 6.36. The van der Waals surface area contributed by atoms with Gasteiger partial charge < -0.3 is 4.90 Å². The Morgan fingerprint density at radius 2 is 1.75 bits per heavy atom. The predicted octanol–water partition coefficient (Wildman–Crippen LogP) is 4.11. The van der Waals surface area contributed by atoms with Crippen molar-refractivity contribution in [3.8, 4) is 0 Å². The first kappa shape index (κ1) is 21.1. The summed E-state index contributed by atoms with van der Waals surface area (Å²) < 4.78 is 24.3. The number of nitrogens with zero attached hydrogens (tertiary/aromatic N) is 1. The zero-order chi connectivity index (χ0) is 20.3. The monoisotopic (exact) mass is 403 g/mol. The molecule has 0 spiro atoms. The molecule has 1 saturated carbocycles. The fourth-order valence-electron chi connectivity index (χ4n) is 4.27. The van der Waals surface area contributed by atoms with Crippen molar-refractivity contribution < 1.29 is 13.2 Å². The van der Waals surface area contributed by atoms with E-state index in [1.807, 2.05) is 0 Å². The van der Waals surface area contributed by atoms with Crippen LogP contribution < -0.4 is 4.90 Å². The molecular weight excluding hydrogens is 370 g/mol. The fraction of sp³-hybridized carbons (Fsp3) is 0.609. The number of hydrogen-bond acceptors (Lipinski definition) is 4. The number of ketones is 1. The maximum atomic E-state index is 12.8. The predicted molar refractivity (Wildman–Crippen MR) is 116 cm³/mol. The first-order valence-corrected chi connectivity index (χ1v) is 12.2. The van der Waals surface area contributed by atoms with Gasteiger partial charge in [-0.3, -0.25) is 4.79 Å². The number of benzene rings is 1. The van der Waals surface area contributed by atoms with Crippen molar-refractivity contribution in [3.05, 3.63) is 41.5 Å². The standard InChI is InChI=1S/C23H33NO3S/c1-17(2)28(26,27)16-19-6-8-20(9-7-19)23(25)15-21-10-11-22(14-18(21)3)24-12-4-5-13-24/h4-5,10-11,14,17,19-20H,6-9,12-13,15-16H2,1-3H3. The van der Waals surface area contributed by atoms with E-state index in [0.717, 1.165) is 44.3 Å². The summed E-state index contributed by atoms with van der Waals surface area (Å²) in [7, 11) is -2.99. The van der Waals surface area contributed by atoms with Crippen molar-refractivity contribution in [1.29, 1.82) is 0 Å². The summed E-state index contributed by atoms with van der Waals surface area (Å²) in [6, 6.07) is 6.40. The van der Waals surface area contributed by atoms with Crippen molar-refractivity contribution in [3.63, 3.8) is 0 Å². The van der Waals surface area contributed by atoms with Crippen LogP contribution in [0, 0.1) is 18.8 Å². The highest BCUT2D eigenvalue weighted by atomic mass is 32.2. The van der Waals surface area contributed by atoms with E-state index in [-0.39, 0.29) is 22.8 Å². The van der Waals surface area contributed by atoms with E-state index in [0.29, 0.717) is 12.2 Å². The summed E-state index contributed by atoms with van der Waals surface area (Å²) in [6.07, 6.45) is 8.20. The lowest BCUT2D eigenvalue weighted by Gasteiger charge is -2.28. The van der Waals surface area contributed by atoms with Crippen molar-refractivity contribution in [2.24, 2.45) is 11.8 Å². The largest absolute Gasteiger partial charge is 0.364 e. The van der Waals surface area contributed by atoms with Crippen LogP contribution in [0.4, 0.5) is 5.69 Å². The second-order valence-corrected chi connectivity index (χ2v) is 11.3. The van der Waals surface area contributed by atoms with Gasteiger partial charge in [0.15, 0.2) is 9.84 Å². The van der Waals surface area contributed by atoms with Gasteiger partial charge in [-0.2, -0.15) is 0 Å². The molecular formula is C23H33NO3S. The Morgan fingerprint density at radius 3 is 2.32 bits per heavy atom. The van der Waals surface area contributed by atoms with Crippen LogP contribution in [-0.4, -0.2) is 38.3 Å². The van der Waals surface area contributed by atoms with Gasteiger partial charge in [0.1, 0.15) is 5.78 Å². The number of rotatable bonds is 7. The fourth-order valence-corrected chi connectivity index (χ4v) is 5.64. The molecule has 0 aromatic heterocycles. The number of aryl methyl sites for hydroxylation is 1. The van der Waals surface area contributed by atoms with Gasteiger partial charge in [0.25, 0.3) is 0 Å². The minimum absolute atomic E-state index is 0.0832. The summed E-state index contributed by atoms with van der Waals surface area (Å²) >= 11 is 0. The molecule has 154 valence electrons. The topological polar surface area (TPSA) is 54.5 Å². The number of hydrogen-bond donors (Lipinski definition) is 0. The molecule has 1 aliphatic carbocycles. The van der Waals surface area contributed by atoms with Gasteiger partial charge in [-0.1, -0.05) is 18.2 Å². The van der Waals surface area contributed by atoms with Crippen molar-refractivity contribution >= 4 is 21.3 Å². The number of Topliss-reactive ketones (excluding diaryl/α,β-unsaturated/α-hetero) is 1. The van der Waals surface area contributed by atoms with Gasteiger partial charge in [-0.15, -0.1) is 0 Å². The first-order chi connectivity index (χ1) is 13.3. The molecule has 3 rings (SSSR count). The highest BCUT2D eigenvalue weighted by molar-refractivity contribution is 7.91. The van der Waals surface area contributed by atoms with E-state index in [1.54, 1.807) is 13.8 Å². The quantitative estimate of drug-likeness (QED) is 0.643. The molecule has 1 aliphatic heterocycles. The van der Waals surface area contributed by atoms with E-state index in [2.05, 4.69) is 42.2 Å². The molecule has 4 nitrogen and oxygen atoms in total. The van der Waals surface area contributed by atoms with Crippen LogP contribution in [0.5, 0.6) is 0 Å². The number of carbonyl (C=O) groups excluding carboxylic acids is 1. The van der Waals surface area contributed by atoms with Crippen molar-refractivity contribution in [1.82, 2.24) is 0 Å². The smallest absolute Gasteiger partial charge is 0.152 e. The summed E-state index contributed by atoms with van der Waals surface area (Å²) in [4.78, 5) is 15.1. The van der Waals surface area contributed by atoms with Gasteiger partial charge >= 0.3 is 0 Å². The first-order valence-electron chi connectivity index (χ1n) is 10.5. The average Bonchev–Trinajstić information content (AvgIpc) is 3.18. The second-order valence-electron chi connectivity index (χ2n) is 8.73. The van der Waals surface area contributed by atoms with Crippen molar-refractivity contribution in [2.75, 3.05) is 23.7 Å². The average molecular weight is 404 g/mol. The molecule has 1 aromatic carbocycles. The normalized spacial score (nSPS) is 22.8. The second kappa shape index (κ2) is 8.81. The molecule has 0 bridgehead atoms. The van der Waals surface area contributed by atoms with Gasteiger partial charge in [0.2, 0.25) is 0 Å². The minimum atomic E-state index is -2.99. The molecule has 2 aliphatic rings. The van der Waals surface area contributed by atoms with Gasteiger partial charge in [0, 0.05) is 31.1 Å². The lowest BCUT2D eigenvalue weighted by molar-refractivity contribution is -0.123. The number of carbonyl (C=O) groups is 1. The van der Waals surface area contributed by atoms with Crippen LogP contribution in [0.3, 0.4) is 0 Å². The lowest BCUT2D eigenvalue weighted by atomic mass is 9.79. The molecule has 28 heavy (non-hydrogen) atoms. The lowest BCUT2D eigenvalue weighted by Crippen LogP contribution is -2.29. The highest BCUT2D eigenvalue weighted by Gasteiger charge is 2.30. The number of sulfone groups is 1. The zero-order valence-electron chi connectivity index (χ0n) is 17.4. The Morgan fingerprint density at radius 1 is 1.11 bits per heavy atom. The van der Waals surface area contributed by atoms with Gasteiger partial charge in [0.05, 0.1) is 11.0 Å². The van der Waals surface area contributed by atoms with Gasteiger partial charge in [-0.05, 0) is 75.6 Å². The molecule has 0 N–H and O–H groups in total. The van der Waals surface area contributed by atoms with E-state index in [9.17, 15) is 13.2 Å². The van der Waals surface area contributed by atoms with E-state index in [4.69, 9.17) is 0 Å². The molecule has 1 heterocycles. The summed E-state index contributed by atoms with van der Waals surface area (Å²) in [5.74, 6) is 0.882. The zero-order valence-corrected chi connectivity index (χ0v) is 18.2. The summed E-state index contributed by atoms with van der Waals surface area (Å²) in [5.41, 5.74) is 3.51. The minimum Gasteiger partial charge on any atom is -0.364 e. The van der Waals surface area contributed by atoms with Crippen LogP contribution in [0.2, 0.25) is 0 Å². The maximum absolute atomic E-state index is 12.8. The molecule has 0 unspecified atom stereocenters. The SMILES string of the molecule is Cc1cc(N2CC=CC2)ccc1CC(=O)C1CCC(CS(=O)(=O)C(C)C)CC1. The van der Waals surface area contributed by atoms with E-state index >= 15 is 0 Å². The van der Waals surface area contributed by atoms with Crippen LogP contribution >= 0.6 is 0 Å². The molecule has 5 heteroatoms. The molecule has 0 atom stereocenters. The van der Waals surface area contributed by atoms with Crippen LogP contribution in [0.15, 0.2) is 30.4 Å². The Labute approximate surface area is 169 Å². The number of anilines is 1. The summed E-state index contributed by atoms with van der Waals surface area (Å²) in [6.45, 7) is 7.49. The molecule has 1 aromatic rings. The molecule has 0 radical (unpaired) electrons. The highest BCUT2D eigenvalue weighted by Crippen LogP contribution is 2.32. The third kappa shape index (κ3) is 5.05. The molecule has 1 fully saturated rings. The van der Waals surface area contributed by atoms with Crippen LogP contribution in [0.25, 0.3) is 0 Å². The molecule has 0 saturated heterocycles. The third-order valence-corrected chi connectivity index (χ3v) is 8.74. The Kier molecular flexibility index (Phi) is 6.64. The van der Waals surface area contributed by atoms with Crippen molar-refractivity contribution in [2.45, 2.75) is 58.1 Å². The maximum Gasteiger partial charge on any atom is 0.152 e. The van der Waals surface area contributed by atoms with E-state index in [1.165, 1.54) is 11.3 Å². The van der Waals surface area contributed by atoms with Crippen LogP contribution in [-0.2, 0) is 21.1 Å². The summed E-state index contributed by atoms with van der Waals surface area (Å²) in [5, 5.41) is -0.311.